The Labute approximate surface area is 78.8 Å². The molecule has 1 rings (SSSR count). The molecular weight excluding hydrogens is 168 g/mol. The highest BCUT2D eigenvalue weighted by molar-refractivity contribution is 5.77. The van der Waals surface area contributed by atoms with Gasteiger partial charge < -0.3 is 10.2 Å². The number of aliphatic carboxylic acids is 1. The fourth-order valence-corrected chi connectivity index (χ4v) is 2.01. The van der Waals surface area contributed by atoms with Crippen LogP contribution in [-0.4, -0.2) is 21.8 Å². The van der Waals surface area contributed by atoms with Crippen LogP contribution in [0.1, 0.15) is 40.0 Å². The first-order valence-corrected chi connectivity index (χ1v) is 4.76. The van der Waals surface area contributed by atoms with Crippen molar-refractivity contribution in [1.29, 1.82) is 0 Å². The van der Waals surface area contributed by atoms with E-state index in [2.05, 4.69) is 20.8 Å². The van der Waals surface area contributed by atoms with Crippen LogP contribution in [0.25, 0.3) is 0 Å². The summed E-state index contributed by atoms with van der Waals surface area (Å²) in [6, 6.07) is 0. The zero-order valence-electron chi connectivity index (χ0n) is 8.50. The summed E-state index contributed by atoms with van der Waals surface area (Å²) in [5.74, 6) is -0.655. The second-order valence-electron chi connectivity index (χ2n) is 4.82. The lowest BCUT2D eigenvalue weighted by molar-refractivity contribution is -0.158. The number of carboxylic acid groups (broad SMARTS) is 1. The van der Waals surface area contributed by atoms with Gasteiger partial charge in [-0.2, -0.15) is 0 Å². The van der Waals surface area contributed by atoms with Gasteiger partial charge in [0.25, 0.3) is 0 Å². The number of carbonyl (C=O) groups is 1. The van der Waals surface area contributed by atoms with Crippen LogP contribution in [0.5, 0.6) is 0 Å². The summed E-state index contributed by atoms with van der Waals surface area (Å²) in [5.41, 5.74) is -1.49. The monoisotopic (exact) mass is 186 g/mol. The highest BCUT2D eigenvalue weighted by Crippen LogP contribution is 2.48. The molecule has 2 N–H and O–H groups in total. The Hall–Kier alpha value is -0.570. The number of hydrogen-bond acceptors (Lipinski definition) is 2. The van der Waals surface area contributed by atoms with Gasteiger partial charge in [-0.05, 0) is 30.6 Å². The van der Waals surface area contributed by atoms with E-state index in [4.69, 9.17) is 5.11 Å². The third kappa shape index (κ3) is 1.70. The van der Waals surface area contributed by atoms with Crippen LogP contribution in [0, 0.1) is 11.3 Å². The quantitative estimate of drug-likeness (QED) is 0.689. The summed E-state index contributed by atoms with van der Waals surface area (Å²) < 4.78 is 0. The van der Waals surface area contributed by atoms with Crippen molar-refractivity contribution >= 4 is 5.97 Å². The maximum Gasteiger partial charge on any atom is 0.335 e. The molecule has 0 aromatic rings. The molecule has 0 aromatic carbocycles. The third-order valence-corrected chi connectivity index (χ3v) is 3.60. The molecule has 0 bridgehead atoms. The molecule has 0 spiro atoms. The van der Waals surface area contributed by atoms with Gasteiger partial charge in [-0.3, -0.25) is 0 Å². The van der Waals surface area contributed by atoms with Gasteiger partial charge in [0.15, 0.2) is 5.60 Å². The fourth-order valence-electron chi connectivity index (χ4n) is 2.01. The van der Waals surface area contributed by atoms with Crippen LogP contribution in [0.3, 0.4) is 0 Å². The van der Waals surface area contributed by atoms with Crippen molar-refractivity contribution in [2.75, 3.05) is 0 Å². The molecule has 1 fully saturated rings. The number of hydrogen-bond donors (Lipinski definition) is 2. The lowest BCUT2D eigenvalue weighted by Crippen LogP contribution is -2.37. The molecule has 0 aliphatic heterocycles. The van der Waals surface area contributed by atoms with E-state index in [9.17, 15) is 9.90 Å². The molecule has 3 heteroatoms. The predicted octanol–water partition coefficient (Wildman–Crippen LogP) is 1.65. The van der Waals surface area contributed by atoms with E-state index in [1.807, 2.05) is 0 Å². The SMILES string of the molecule is CC(C)C1(C)CCC(O)(C(=O)O)C1. The molecule has 1 aliphatic rings. The van der Waals surface area contributed by atoms with Crippen molar-refractivity contribution in [3.8, 4) is 0 Å². The molecule has 0 amide bonds. The van der Waals surface area contributed by atoms with Gasteiger partial charge in [0, 0.05) is 0 Å². The van der Waals surface area contributed by atoms with Crippen molar-refractivity contribution in [2.24, 2.45) is 11.3 Å². The Balaban J connectivity index is 2.79. The molecule has 2 unspecified atom stereocenters. The normalized spacial score (nSPS) is 39.8. The molecule has 0 radical (unpaired) electrons. The minimum absolute atomic E-state index is 0.0207. The molecule has 0 aromatic heterocycles. The Morgan fingerprint density at radius 2 is 1.92 bits per heavy atom. The molecule has 3 nitrogen and oxygen atoms in total. The van der Waals surface area contributed by atoms with E-state index in [-0.39, 0.29) is 5.41 Å². The van der Waals surface area contributed by atoms with Gasteiger partial charge >= 0.3 is 5.97 Å². The summed E-state index contributed by atoms with van der Waals surface area (Å²) in [7, 11) is 0. The van der Waals surface area contributed by atoms with E-state index < -0.39 is 11.6 Å². The van der Waals surface area contributed by atoms with Crippen molar-refractivity contribution in [3.05, 3.63) is 0 Å². The number of rotatable bonds is 2. The van der Waals surface area contributed by atoms with E-state index in [0.717, 1.165) is 6.42 Å². The minimum atomic E-state index is -1.47. The van der Waals surface area contributed by atoms with Gasteiger partial charge in [0.2, 0.25) is 0 Å². The van der Waals surface area contributed by atoms with Crippen LogP contribution >= 0.6 is 0 Å². The molecule has 2 atom stereocenters. The zero-order valence-corrected chi connectivity index (χ0v) is 8.50. The Bertz CT molecular complexity index is 224. The van der Waals surface area contributed by atoms with Gasteiger partial charge in [-0.25, -0.2) is 4.79 Å². The van der Waals surface area contributed by atoms with E-state index in [1.165, 1.54) is 0 Å². The lowest BCUT2D eigenvalue weighted by Gasteiger charge is -2.29. The third-order valence-electron chi connectivity index (χ3n) is 3.60. The van der Waals surface area contributed by atoms with Crippen molar-refractivity contribution < 1.29 is 15.0 Å². The first-order chi connectivity index (χ1) is 5.80. The van der Waals surface area contributed by atoms with Crippen LogP contribution in [-0.2, 0) is 4.79 Å². The molecule has 0 saturated heterocycles. The van der Waals surface area contributed by atoms with Gasteiger partial charge in [-0.1, -0.05) is 20.8 Å². The van der Waals surface area contributed by atoms with Crippen LogP contribution in [0.15, 0.2) is 0 Å². The molecular formula is C10H18O3. The number of aliphatic hydroxyl groups is 1. The smallest absolute Gasteiger partial charge is 0.335 e. The zero-order chi connectivity index (χ0) is 10.3. The summed E-state index contributed by atoms with van der Waals surface area (Å²) >= 11 is 0. The average molecular weight is 186 g/mol. The maximum atomic E-state index is 10.8. The second-order valence-corrected chi connectivity index (χ2v) is 4.82. The molecule has 76 valence electrons. The minimum Gasteiger partial charge on any atom is -0.479 e. The van der Waals surface area contributed by atoms with Gasteiger partial charge in [-0.15, -0.1) is 0 Å². The number of carboxylic acids is 1. The first kappa shape index (κ1) is 10.5. The van der Waals surface area contributed by atoms with Crippen LogP contribution in [0.2, 0.25) is 0 Å². The largest absolute Gasteiger partial charge is 0.479 e. The highest BCUT2D eigenvalue weighted by Gasteiger charge is 2.50. The summed E-state index contributed by atoms with van der Waals surface area (Å²) in [5, 5.41) is 18.6. The summed E-state index contributed by atoms with van der Waals surface area (Å²) in [4.78, 5) is 10.8. The van der Waals surface area contributed by atoms with E-state index >= 15 is 0 Å². The average Bonchev–Trinajstić information content (AvgIpc) is 2.30. The maximum absolute atomic E-state index is 10.8. The van der Waals surface area contributed by atoms with Crippen molar-refractivity contribution in [2.45, 2.75) is 45.6 Å². The standard InChI is InChI=1S/C10H18O3/c1-7(2)9(3)4-5-10(13,6-9)8(11)12/h7,13H,4-6H2,1-3H3,(H,11,12). The summed E-state index contributed by atoms with van der Waals surface area (Å²) in [6.07, 6.45) is 1.57. The van der Waals surface area contributed by atoms with Crippen LogP contribution in [0.4, 0.5) is 0 Å². The predicted molar refractivity (Wildman–Crippen MR) is 49.4 cm³/mol. The highest BCUT2D eigenvalue weighted by atomic mass is 16.4. The Morgan fingerprint density at radius 1 is 1.38 bits per heavy atom. The second kappa shape index (κ2) is 2.98. The summed E-state index contributed by atoms with van der Waals surface area (Å²) in [6.45, 7) is 6.21. The van der Waals surface area contributed by atoms with Gasteiger partial charge in [0.1, 0.15) is 0 Å². The molecule has 1 saturated carbocycles. The molecule has 13 heavy (non-hydrogen) atoms. The van der Waals surface area contributed by atoms with E-state index in [0.29, 0.717) is 18.8 Å². The Morgan fingerprint density at radius 3 is 2.15 bits per heavy atom. The van der Waals surface area contributed by atoms with Crippen molar-refractivity contribution in [3.63, 3.8) is 0 Å². The lowest BCUT2D eigenvalue weighted by atomic mass is 9.76. The van der Waals surface area contributed by atoms with E-state index in [1.54, 1.807) is 0 Å². The fraction of sp³-hybridized carbons (Fsp3) is 0.900. The molecule has 0 heterocycles. The molecule has 1 aliphatic carbocycles. The van der Waals surface area contributed by atoms with Crippen molar-refractivity contribution in [1.82, 2.24) is 0 Å². The van der Waals surface area contributed by atoms with Crippen LogP contribution < -0.4 is 0 Å². The topological polar surface area (TPSA) is 57.5 Å². The first-order valence-electron chi connectivity index (χ1n) is 4.76. The Kier molecular flexibility index (Phi) is 2.41. The van der Waals surface area contributed by atoms with Gasteiger partial charge in [0.05, 0.1) is 0 Å².